The third-order valence-electron chi connectivity index (χ3n) is 11.5. The molecule has 0 bridgehead atoms. The summed E-state index contributed by atoms with van der Waals surface area (Å²) in [5.41, 5.74) is 14.1. The molecule has 0 amide bonds. The lowest BCUT2D eigenvalue weighted by Crippen LogP contribution is -2.10. The molecule has 10 aromatic carbocycles. The van der Waals surface area contributed by atoms with Gasteiger partial charge in [-0.2, -0.15) is 0 Å². The zero-order valence-corrected chi connectivity index (χ0v) is 31.8. The maximum atomic E-state index is 2.40. The zero-order valence-electron chi connectivity index (χ0n) is 31.8. The summed E-state index contributed by atoms with van der Waals surface area (Å²) >= 11 is 0. The minimum Gasteiger partial charge on any atom is -0.310 e. The fraction of sp³-hybridized carbons (Fsp3) is 0. The molecule has 11 aromatic rings. The smallest absolute Gasteiger partial charge is 0.0547 e. The third-order valence-corrected chi connectivity index (χ3v) is 11.5. The molecule has 272 valence electrons. The molecule has 2 heteroatoms. The van der Waals surface area contributed by atoms with E-state index in [0.717, 1.165) is 28.3 Å². The molecule has 0 fully saturated rings. The lowest BCUT2D eigenvalue weighted by atomic mass is 9.95. The number of benzene rings is 10. The fourth-order valence-electron chi connectivity index (χ4n) is 8.81. The van der Waals surface area contributed by atoms with Crippen LogP contribution in [0, 0.1) is 0 Å². The predicted molar refractivity (Wildman–Crippen MR) is 247 cm³/mol. The van der Waals surface area contributed by atoms with E-state index in [-0.39, 0.29) is 0 Å². The molecule has 0 unspecified atom stereocenters. The Morgan fingerprint density at radius 3 is 1.78 bits per heavy atom. The highest BCUT2D eigenvalue weighted by Crippen LogP contribution is 2.43. The molecule has 58 heavy (non-hydrogen) atoms. The van der Waals surface area contributed by atoms with Crippen LogP contribution in [-0.2, 0) is 0 Å². The largest absolute Gasteiger partial charge is 0.310 e. The van der Waals surface area contributed by atoms with Gasteiger partial charge in [0.25, 0.3) is 0 Å². The van der Waals surface area contributed by atoms with Gasteiger partial charge in [0.15, 0.2) is 0 Å². The van der Waals surface area contributed by atoms with Gasteiger partial charge in [-0.3, -0.25) is 0 Å². The Hall–Kier alpha value is -7.68. The van der Waals surface area contributed by atoms with Gasteiger partial charge in [0.2, 0.25) is 0 Å². The summed E-state index contributed by atoms with van der Waals surface area (Å²) in [7, 11) is 0. The molecular weight excluding hydrogens is 701 g/mol. The first-order valence-electron chi connectivity index (χ1n) is 19.9. The summed E-state index contributed by atoms with van der Waals surface area (Å²) in [6, 6.07) is 83.7. The van der Waals surface area contributed by atoms with Gasteiger partial charge in [-0.05, 0) is 116 Å². The Morgan fingerprint density at radius 1 is 0.310 bits per heavy atom. The normalized spacial score (nSPS) is 11.4. The van der Waals surface area contributed by atoms with Crippen LogP contribution in [-0.4, -0.2) is 4.57 Å². The van der Waals surface area contributed by atoms with Crippen molar-refractivity contribution in [2.45, 2.75) is 0 Å². The molecule has 0 radical (unpaired) electrons. The quantitative estimate of drug-likeness (QED) is 0.158. The van der Waals surface area contributed by atoms with Crippen LogP contribution in [0.15, 0.2) is 231 Å². The Morgan fingerprint density at radius 2 is 0.914 bits per heavy atom. The molecule has 0 aliphatic carbocycles. The molecule has 0 N–H and O–H groups in total. The van der Waals surface area contributed by atoms with Crippen molar-refractivity contribution in [2.24, 2.45) is 0 Å². The van der Waals surface area contributed by atoms with Gasteiger partial charge in [-0.25, -0.2) is 0 Å². The first kappa shape index (κ1) is 33.6. The number of anilines is 3. The van der Waals surface area contributed by atoms with Gasteiger partial charge in [-0.1, -0.05) is 164 Å². The van der Waals surface area contributed by atoms with Crippen LogP contribution in [0.3, 0.4) is 0 Å². The van der Waals surface area contributed by atoms with Crippen molar-refractivity contribution < 1.29 is 0 Å². The molecule has 0 aliphatic heterocycles. The summed E-state index contributed by atoms with van der Waals surface area (Å²) in [6.45, 7) is 0. The molecule has 11 rings (SSSR count). The van der Waals surface area contributed by atoms with Crippen molar-refractivity contribution in [1.82, 2.24) is 4.57 Å². The highest BCUT2D eigenvalue weighted by Gasteiger charge is 2.18. The molecule has 0 saturated heterocycles. The lowest BCUT2D eigenvalue weighted by Gasteiger charge is -2.27. The van der Waals surface area contributed by atoms with Crippen LogP contribution in [0.5, 0.6) is 0 Å². The zero-order chi connectivity index (χ0) is 38.4. The minimum absolute atomic E-state index is 1.10. The van der Waals surface area contributed by atoms with Crippen LogP contribution in [0.4, 0.5) is 17.1 Å². The van der Waals surface area contributed by atoms with Gasteiger partial charge in [0.1, 0.15) is 0 Å². The predicted octanol–water partition coefficient (Wildman–Crippen LogP) is 15.6. The molecule has 1 aromatic heterocycles. The molecule has 2 nitrogen and oxygen atoms in total. The fourth-order valence-corrected chi connectivity index (χ4v) is 8.81. The van der Waals surface area contributed by atoms with E-state index in [9.17, 15) is 0 Å². The summed E-state index contributed by atoms with van der Waals surface area (Å²) in [5, 5.41) is 7.44. The van der Waals surface area contributed by atoms with E-state index in [1.165, 1.54) is 71.2 Å². The van der Waals surface area contributed by atoms with Crippen LogP contribution in [0.1, 0.15) is 0 Å². The first-order valence-corrected chi connectivity index (χ1v) is 19.9. The second-order valence-corrected chi connectivity index (χ2v) is 15.0. The number of hydrogen-bond acceptors (Lipinski definition) is 1. The molecule has 0 aliphatic rings. The highest BCUT2D eigenvalue weighted by atomic mass is 15.1. The summed E-state index contributed by atoms with van der Waals surface area (Å²) in [4.78, 5) is 2.40. The number of fused-ring (bicyclic) bond motifs is 5. The Labute approximate surface area is 338 Å². The first-order chi connectivity index (χ1) is 28.8. The van der Waals surface area contributed by atoms with Gasteiger partial charge in [0, 0.05) is 33.2 Å². The molecular formula is C56H38N2. The Bertz CT molecular complexity index is 3280. The number of nitrogens with zero attached hydrogens (tertiary/aromatic N) is 2. The van der Waals surface area contributed by atoms with Gasteiger partial charge >= 0.3 is 0 Å². The standard InChI is InChI=1S/C56H38N2/c1-2-21-47(22-3-1)58-54-27-9-8-25-52(54)56-51(26-13-29-55(56)58)46-20-10-18-43(37-46)44-19-11-23-49(38-44)57(53-28-12-17-41-15-6-7-24-50(41)53)48-34-32-40(33-35-48)45-31-30-39-14-4-5-16-42(39)36-45/h1-38H. The van der Waals surface area contributed by atoms with Gasteiger partial charge < -0.3 is 9.47 Å². The third kappa shape index (κ3) is 5.82. The van der Waals surface area contributed by atoms with Crippen LogP contribution >= 0.6 is 0 Å². The molecule has 1 heterocycles. The van der Waals surface area contributed by atoms with Crippen LogP contribution in [0.25, 0.3) is 82.4 Å². The number of aromatic nitrogens is 1. The summed E-state index contributed by atoms with van der Waals surface area (Å²) in [5.74, 6) is 0. The molecule has 0 atom stereocenters. The highest BCUT2D eigenvalue weighted by molar-refractivity contribution is 6.16. The van der Waals surface area contributed by atoms with Crippen molar-refractivity contribution >= 4 is 60.4 Å². The van der Waals surface area contributed by atoms with Crippen molar-refractivity contribution in [3.05, 3.63) is 231 Å². The second-order valence-electron chi connectivity index (χ2n) is 15.0. The van der Waals surface area contributed by atoms with E-state index >= 15 is 0 Å². The molecule has 0 saturated carbocycles. The van der Waals surface area contributed by atoms with Crippen molar-refractivity contribution in [2.75, 3.05) is 4.90 Å². The van der Waals surface area contributed by atoms with E-state index in [1.807, 2.05) is 0 Å². The van der Waals surface area contributed by atoms with E-state index in [4.69, 9.17) is 0 Å². The Balaban J connectivity index is 1.02. The van der Waals surface area contributed by atoms with Gasteiger partial charge in [-0.15, -0.1) is 0 Å². The minimum atomic E-state index is 1.10. The maximum Gasteiger partial charge on any atom is 0.0547 e. The SMILES string of the molecule is c1ccc(-n2c3ccccc3c3c(-c4cccc(-c5cccc(N(c6ccc(-c7ccc8ccccc8c7)cc6)c6cccc7ccccc67)c5)c4)cccc32)cc1. The van der Waals surface area contributed by atoms with E-state index in [0.29, 0.717) is 0 Å². The van der Waals surface area contributed by atoms with Crippen LogP contribution in [0.2, 0.25) is 0 Å². The lowest BCUT2D eigenvalue weighted by molar-refractivity contribution is 1.18. The number of rotatable bonds is 7. The second kappa shape index (κ2) is 14.1. The average Bonchev–Trinajstić information content (AvgIpc) is 3.64. The van der Waals surface area contributed by atoms with Crippen molar-refractivity contribution in [3.63, 3.8) is 0 Å². The topological polar surface area (TPSA) is 8.17 Å². The number of hydrogen-bond donors (Lipinski definition) is 0. The monoisotopic (exact) mass is 738 g/mol. The van der Waals surface area contributed by atoms with Gasteiger partial charge in [0.05, 0.1) is 16.7 Å². The summed E-state index contributed by atoms with van der Waals surface area (Å²) in [6.07, 6.45) is 0. The number of para-hydroxylation sites is 2. The van der Waals surface area contributed by atoms with Crippen molar-refractivity contribution in [3.8, 4) is 39.1 Å². The van der Waals surface area contributed by atoms with E-state index in [2.05, 4.69) is 240 Å². The van der Waals surface area contributed by atoms with E-state index < -0.39 is 0 Å². The average molecular weight is 739 g/mol. The Kier molecular flexibility index (Phi) is 8.19. The van der Waals surface area contributed by atoms with E-state index in [1.54, 1.807) is 0 Å². The van der Waals surface area contributed by atoms with Crippen LogP contribution < -0.4 is 4.90 Å². The summed E-state index contributed by atoms with van der Waals surface area (Å²) < 4.78 is 2.39. The molecule has 0 spiro atoms. The van der Waals surface area contributed by atoms with Crippen molar-refractivity contribution in [1.29, 1.82) is 0 Å². The maximum absolute atomic E-state index is 2.40.